The Bertz CT molecular complexity index is 709. The van der Waals surface area contributed by atoms with Gasteiger partial charge in [-0.25, -0.2) is 4.79 Å². The molecule has 124 valence electrons. The second-order valence-corrected chi connectivity index (χ2v) is 5.28. The molecule has 23 heavy (non-hydrogen) atoms. The average Bonchev–Trinajstić information content (AvgIpc) is 3.09. The van der Waals surface area contributed by atoms with Crippen molar-refractivity contribution < 1.29 is 23.6 Å². The number of aromatic carboxylic acids is 1. The molecule has 1 atom stereocenters. The summed E-state index contributed by atoms with van der Waals surface area (Å²) in [4.78, 5) is 23.5. The molecule has 2 aromatic rings. The summed E-state index contributed by atoms with van der Waals surface area (Å²) in [5.41, 5.74) is 1.57. The highest BCUT2D eigenvalue weighted by Crippen LogP contribution is 2.25. The first-order valence-electron chi connectivity index (χ1n) is 7.48. The minimum Gasteiger partial charge on any atom is -0.478 e. The van der Waals surface area contributed by atoms with Crippen molar-refractivity contribution in [3.63, 3.8) is 0 Å². The van der Waals surface area contributed by atoms with Gasteiger partial charge in [0.15, 0.2) is 5.76 Å². The number of amides is 1. The van der Waals surface area contributed by atoms with Gasteiger partial charge >= 0.3 is 5.97 Å². The molecule has 2 N–H and O–H groups in total. The SMILES string of the molecule is CCc1oc(C(=O)NC(CC)c2c(C)noc2C)cc1C(=O)O. The zero-order valence-electron chi connectivity index (χ0n) is 13.6. The Hall–Kier alpha value is -2.57. The molecule has 0 radical (unpaired) electrons. The van der Waals surface area contributed by atoms with E-state index in [1.807, 2.05) is 13.8 Å². The van der Waals surface area contributed by atoms with Crippen LogP contribution in [0.2, 0.25) is 0 Å². The van der Waals surface area contributed by atoms with Gasteiger partial charge in [0.2, 0.25) is 0 Å². The standard InChI is InChI=1S/C16H20N2O5/c1-5-11(14-8(3)18-23-9(14)4)17-15(19)13-7-10(16(20)21)12(6-2)22-13/h7,11H,5-6H2,1-4H3,(H,17,19)(H,20,21). The Morgan fingerprint density at radius 3 is 2.48 bits per heavy atom. The molecule has 0 saturated heterocycles. The molecule has 2 rings (SSSR count). The molecular weight excluding hydrogens is 300 g/mol. The van der Waals surface area contributed by atoms with Crippen molar-refractivity contribution in [3.05, 3.63) is 40.2 Å². The summed E-state index contributed by atoms with van der Waals surface area (Å²) >= 11 is 0. The van der Waals surface area contributed by atoms with Crippen LogP contribution >= 0.6 is 0 Å². The number of nitrogens with zero attached hydrogens (tertiary/aromatic N) is 1. The molecule has 2 heterocycles. The monoisotopic (exact) mass is 320 g/mol. The van der Waals surface area contributed by atoms with Crippen LogP contribution in [-0.4, -0.2) is 22.1 Å². The molecule has 7 nitrogen and oxygen atoms in total. The van der Waals surface area contributed by atoms with Crippen LogP contribution in [0.1, 0.15) is 70.0 Å². The zero-order valence-corrected chi connectivity index (χ0v) is 13.6. The summed E-state index contributed by atoms with van der Waals surface area (Å²) in [6.45, 7) is 7.30. The quantitative estimate of drug-likeness (QED) is 0.847. The molecule has 1 unspecified atom stereocenters. The molecule has 0 saturated carbocycles. The molecule has 1 amide bonds. The second-order valence-electron chi connectivity index (χ2n) is 5.28. The number of aryl methyl sites for hydroxylation is 3. The lowest BCUT2D eigenvalue weighted by Crippen LogP contribution is -2.28. The van der Waals surface area contributed by atoms with Gasteiger partial charge < -0.3 is 19.4 Å². The first-order valence-corrected chi connectivity index (χ1v) is 7.48. The van der Waals surface area contributed by atoms with Crippen molar-refractivity contribution >= 4 is 11.9 Å². The highest BCUT2D eigenvalue weighted by atomic mass is 16.5. The predicted molar refractivity (Wildman–Crippen MR) is 81.5 cm³/mol. The van der Waals surface area contributed by atoms with Gasteiger partial charge in [-0.2, -0.15) is 0 Å². The van der Waals surface area contributed by atoms with Crippen LogP contribution < -0.4 is 5.32 Å². The number of nitrogens with one attached hydrogen (secondary N) is 1. The number of carboxylic acid groups (broad SMARTS) is 1. The first kappa shape index (κ1) is 16.8. The molecule has 0 spiro atoms. The lowest BCUT2D eigenvalue weighted by Gasteiger charge is -2.16. The van der Waals surface area contributed by atoms with Crippen molar-refractivity contribution in [1.82, 2.24) is 10.5 Å². The van der Waals surface area contributed by atoms with Crippen LogP contribution in [0.25, 0.3) is 0 Å². The molecule has 0 aliphatic carbocycles. The van der Waals surface area contributed by atoms with Crippen LogP contribution in [-0.2, 0) is 6.42 Å². The third-order valence-corrected chi connectivity index (χ3v) is 3.73. The molecule has 0 bridgehead atoms. The van der Waals surface area contributed by atoms with E-state index in [-0.39, 0.29) is 23.1 Å². The van der Waals surface area contributed by atoms with Crippen LogP contribution in [0.5, 0.6) is 0 Å². The number of hydrogen-bond donors (Lipinski definition) is 2. The Kier molecular flexibility index (Phi) is 4.88. The largest absolute Gasteiger partial charge is 0.478 e. The summed E-state index contributed by atoms with van der Waals surface area (Å²) < 4.78 is 10.5. The fourth-order valence-electron chi connectivity index (χ4n) is 2.58. The molecule has 0 aromatic carbocycles. The van der Waals surface area contributed by atoms with Gasteiger partial charge in [-0.1, -0.05) is 19.0 Å². The molecule has 0 fully saturated rings. The Morgan fingerprint density at radius 2 is 2.04 bits per heavy atom. The van der Waals surface area contributed by atoms with E-state index in [2.05, 4.69) is 10.5 Å². The van der Waals surface area contributed by atoms with E-state index in [1.54, 1.807) is 13.8 Å². The molecular formula is C16H20N2O5. The topological polar surface area (TPSA) is 106 Å². The van der Waals surface area contributed by atoms with E-state index in [9.17, 15) is 9.59 Å². The molecule has 7 heteroatoms. The molecule has 0 aliphatic rings. The van der Waals surface area contributed by atoms with E-state index in [0.29, 0.717) is 18.6 Å². The number of hydrogen-bond acceptors (Lipinski definition) is 5. The number of carbonyl (C=O) groups excluding carboxylic acids is 1. The Balaban J connectivity index is 2.25. The van der Waals surface area contributed by atoms with Gasteiger partial charge in [0.05, 0.1) is 11.7 Å². The number of furan rings is 1. The average molecular weight is 320 g/mol. The third-order valence-electron chi connectivity index (χ3n) is 3.73. The van der Waals surface area contributed by atoms with Crippen molar-refractivity contribution in [3.8, 4) is 0 Å². The maximum atomic E-state index is 12.4. The van der Waals surface area contributed by atoms with Gasteiger partial charge in [-0.05, 0) is 20.3 Å². The van der Waals surface area contributed by atoms with E-state index in [0.717, 1.165) is 11.3 Å². The van der Waals surface area contributed by atoms with Crippen molar-refractivity contribution in [2.24, 2.45) is 0 Å². The van der Waals surface area contributed by atoms with E-state index in [1.165, 1.54) is 6.07 Å². The first-order chi connectivity index (χ1) is 10.9. The third kappa shape index (κ3) is 3.28. The minimum absolute atomic E-state index is 0.00976. The highest BCUT2D eigenvalue weighted by Gasteiger charge is 2.25. The van der Waals surface area contributed by atoms with Gasteiger partial charge in [-0.3, -0.25) is 4.79 Å². The fraction of sp³-hybridized carbons (Fsp3) is 0.438. The minimum atomic E-state index is -1.11. The van der Waals surface area contributed by atoms with Crippen LogP contribution in [0, 0.1) is 13.8 Å². The molecule has 0 aliphatic heterocycles. The van der Waals surface area contributed by atoms with Gasteiger partial charge in [-0.15, -0.1) is 0 Å². The predicted octanol–water partition coefficient (Wildman–Crippen LogP) is 3.03. The Labute approximate surface area is 133 Å². The molecule has 2 aromatic heterocycles. The zero-order chi connectivity index (χ0) is 17.1. The normalized spacial score (nSPS) is 12.2. The summed E-state index contributed by atoms with van der Waals surface area (Å²) in [6.07, 6.45) is 1.04. The van der Waals surface area contributed by atoms with E-state index < -0.39 is 11.9 Å². The van der Waals surface area contributed by atoms with Crippen molar-refractivity contribution in [2.75, 3.05) is 0 Å². The smallest absolute Gasteiger partial charge is 0.339 e. The summed E-state index contributed by atoms with van der Waals surface area (Å²) in [5.74, 6) is -0.645. The van der Waals surface area contributed by atoms with E-state index >= 15 is 0 Å². The van der Waals surface area contributed by atoms with Crippen molar-refractivity contribution in [2.45, 2.75) is 46.6 Å². The number of carbonyl (C=O) groups is 2. The number of carboxylic acids is 1. The fourth-order valence-corrected chi connectivity index (χ4v) is 2.58. The number of rotatable bonds is 6. The maximum absolute atomic E-state index is 12.4. The maximum Gasteiger partial charge on any atom is 0.339 e. The lowest BCUT2D eigenvalue weighted by atomic mass is 10.0. The number of aromatic nitrogens is 1. The Morgan fingerprint density at radius 1 is 1.35 bits per heavy atom. The van der Waals surface area contributed by atoms with Gasteiger partial charge in [0.25, 0.3) is 5.91 Å². The van der Waals surface area contributed by atoms with Crippen LogP contribution in [0.4, 0.5) is 0 Å². The van der Waals surface area contributed by atoms with E-state index in [4.69, 9.17) is 14.0 Å². The van der Waals surface area contributed by atoms with Crippen LogP contribution in [0.15, 0.2) is 15.0 Å². The second kappa shape index (κ2) is 6.68. The summed E-state index contributed by atoms with van der Waals surface area (Å²) in [7, 11) is 0. The van der Waals surface area contributed by atoms with Crippen molar-refractivity contribution in [1.29, 1.82) is 0 Å². The summed E-state index contributed by atoms with van der Waals surface area (Å²) in [6, 6.07) is 0.980. The lowest BCUT2D eigenvalue weighted by molar-refractivity contribution is 0.0694. The van der Waals surface area contributed by atoms with Gasteiger partial charge in [0.1, 0.15) is 17.1 Å². The summed E-state index contributed by atoms with van der Waals surface area (Å²) in [5, 5.41) is 15.9. The van der Waals surface area contributed by atoms with Crippen LogP contribution in [0.3, 0.4) is 0 Å². The highest BCUT2D eigenvalue weighted by molar-refractivity contribution is 5.96. The van der Waals surface area contributed by atoms with Gasteiger partial charge in [0, 0.05) is 18.1 Å².